The summed E-state index contributed by atoms with van der Waals surface area (Å²) in [6, 6.07) is 3.52. The van der Waals surface area contributed by atoms with Crippen LogP contribution in [0.4, 0.5) is 0 Å². The van der Waals surface area contributed by atoms with E-state index in [0.717, 1.165) is 15.8 Å². The number of fused-ring (bicyclic) bond motifs is 1. The number of hydrogen-bond acceptors (Lipinski definition) is 5. The van der Waals surface area contributed by atoms with E-state index in [2.05, 4.69) is 26.6 Å². The smallest absolute Gasteiger partial charge is 0.240 e. The molecule has 2 aliphatic heterocycles. The van der Waals surface area contributed by atoms with Crippen molar-refractivity contribution in [2.24, 2.45) is 0 Å². The van der Waals surface area contributed by atoms with Crippen molar-refractivity contribution in [2.45, 2.75) is 25.6 Å². The summed E-state index contributed by atoms with van der Waals surface area (Å²) >= 11 is 3.48. The van der Waals surface area contributed by atoms with Gasteiger partial charge in [-0.1, -0.05) is 0 Å². The van der Waals surface area contributed by atoms with Crippen molar-refractivity contribution in [1.82, 2.24) is 10.6 Å². The Hall–Kier alpha value is -1.31. The van der Waals surface area contributed by atoms with Crippen molar-refractivity contribution < 1.29 is 19.0 Å². The molecule has 2 N–H and O–H groups in total. The molecule has 1 saturated heterocycles. The van der Waals surface area contributed by atoms with Crippen LogP contribution in [0.25, 0.3) is 0 Å². The number of carbonyl (C=O) groups excluding carboxylic acids is 1. The molecule has 0 aromatic heterocycles. The van der Waals surface area contributed by atoms with Crippen LogP contribution in [0.3, 0.4) is 0 Å². The summed E-state index contributed by atoms with van der Waals surface area (Å²) in [5, 5.41) is 6.11. The topological polar surface area (TPSA) is 68.8 Å². The second kappa shape index (κ2) is 6.85. The molecular weight excluding hydrogens is 352 g/mol. The molecule has 1 amide bonds. The standard InChI is InChI=1S/C15H19BrN2O4/c1-9-13(17-2-3-20-9)15(19)18-8-10-6-11(16)14-12(7-10)21-4-5-22-14/h6-7,9,13,17H,2-5,8H2,1H3,(H,18,19)/t9-,13+/m1/s1. The number of halogens is 1. The predicted octanol–water partition coefficient (Wildman–Crippen LogP) is 1.21. The van der Waals surface area contributed by atoms with Gasteiger partial charge in [-0.25, -0.2) is 0 Å². The van der Waals surface area contributed by atoms with E-state index in [9.17, 15) is 4.79 Å². The molecule has 1 fully saturated rings. The summed E-state index contributed by atoms with van der Waals surface area (Å²) in [4.78, 5) is 12.2. The van der Waals surface area contributed by atoms with Crippen molar-refractivity contribution in [1.29, 1.82) is 0 Å². The molecular formula is C15H19BrN2O4. The van der Waals surface area contributed by atoms with Crippen LogP contribution in [0.1, 0.15) is 12.5 Å². The molecule has 2 atom stereocenters. The Morgan fingerprint density at radius 2 is 2.18 bits per heavy atom. The van der Waals surface area contributed by atoms with Gasteiger partial charge in [0.15, 0.2) is 11.5 Å². The van der Waals surface area contributed by atoms with Gasteiger partial charge in [0.1, 0.15) is 19.3 Å². The highest BCUT2D eigenvalue weighted by molar-refractivity contribution is 9.10. The Morgan fingerprint density at radius 3 is 3.00 bits per heavy atom. The number of carbonyl (C=O) groups is 1. The zero-order valence-corrected chi connectivity index (χ0v) is 13.9. The van der Waals surface area contributed by atoms with Gasteiger partial charge in [0, 0.05) is 13.1 Å². The van der Waals surface area contributed by atoms with Gasteiger partial charge in [0.25, 0.3) is 0 Å². The molecule has 0 spiro atoms. The van der Waals surface area contributed by atoms with Crippen LogP contribution in [0.15, 0.2) is 16.6 Å². The van der Waals surface area contributed by atoms with Crippen molar-refractivity contribution in [3.05, 3.63) is 22.2 Å². The van der Waals surface area contributed by atoms with E-state index in [4.69, 9.17) is 14.2 Å². The van der Waals surface area contributed by atoms with E-state index >= 15 is 0 Å². The number of morpholine rings is 1. The van der Waals surface area contributed by atoms with Crippen molar-refractivity contribution >= 4 is 21.8 Å². The van der Waals surface area contributed by atoms with Crippen LogP contribution in [-0.2, 0) is 16.1 Å². The molecule has 0 radical (unpaired) electrons. The number of ether oxygens (including phenoxy) is 3. The maximum absolute atomic E-state index is 12.2. The van der Waals surface area contributed by atoms with Gasteiger partial charge < -0.3 is 24.8 Å². The third-order valence-corrected chi connectivity index (χ3v) is 4.31. The van der Waals surface area contributed by atoms with Crippen LogP contribution in [-0.4, -0.2) is 44.4 Å². The second-order valence-electron chi connectivity index (χ2n) is 5.33. The molecule has 3 rings (SSSR count). The molecule has 6 nitrogen and oxygen atoms in total. The van der Waals surface area contributed by atoms with E-state index < -0.39 is 0 Å². The van der Waals surface area contributed by atoms with Crippen molar-refractivity contribution in [3.63, 3.8) is 0 Å². The second-order valence-corrected chi connectivity index (χ2v) is 6.18. The summed E-state index contributed by atoms with van der Waals surface area (Å²) in [7, 11) is 0. The quantitative estimate of drug-likeness (QED) is 0.836. The van der Waals surface area contributed by atoms with Gasteiger partial charge in [0.05, 0.1) is 17.2 Å². The normalized spacial score (nSPS) is 23.9. The fourth-order valence-corrected chi connectivity index (χ4v) is 3.20. The summed E-state index contributed by atoms with van der Waals surface area (Å²) < 4.78 is 17.5. The Kier molecular flexibility index (Phi) is 4.85. The zero-order chi connectivity index (χ0) is 15.5. The van der Waals surface area contributed by atoms with Gasteiger partial charge >= 0.3 is 0 Å². The lowest BCUT2D eigenvalue weighted by molar-refractivity contribution is -0.129. The molecule has 0 aliphatic carbocycles. The SMILES string of the molecule is C[C@H]1OCCN[C@@H]1C(=O)NCc1cc(Br)c2c(c1)OCCO2. The van der Waals surface area contributed by atoms with E-state index in [0.29, 0.717) is 38.7 Å². The molecule has 2 heterocycles. The Morgan fingerprint density at radius 1 is 1.36 bits per heavy atom. The fourth-order valence-electron chi connectivity index (χ4n) is 2.59. The minimum atomic E-state index is -0.311. The highest BCUT2D eigenvalue weighted by Gasteiger charge is 2.28. The van der Waals surface area contributed by atoms with E-state index in [1.807, 2.05) is 19.1 Å². The third-order valence-electron chi connectivity index (χ3n) is 3.72. The average Bonchev–Trinajstić information content (AvgIpc) is 2.53. The van der Waals surface area contributed by atoms with Gasteiger partial charge in [-0.2, -0.15) is 0 Å². The summed E-state index contributed by atoms with van der Waals surface area (Å²) in [6.07, 6.45) is -0.124. The minimum absolute atomic E-state index is 0.0572. The van der Waals surface area contributed by atoms with Crippen molar-refractivity contribution in [2.75, 3.05) is 26.4 Å². The molecule has 0 bridgehead atoms. The summed E-state index contributed by atoms with van der Waals surface area (Å²) in [5.41, 5.74) is 0.953. The monoisotopic (exact) mass is 370 g/mol. The van der Waals surface area contributed by atoms with Crippen molar-refractivity contribution in [3.8, 4) is 11.5 Å². The van der Waals surface area contributed by atoms with Gasteiger partial charge in [-0.05, 0) is 40.5 Å². The Bertz CT molecular complexity index is 567. The first-order valence-electron chi connectivity index (χ1n) is 7.36. The highest BCUT2D eigenvalue weighted by Crippen LogP contribution is 2.38. The van der Waals surface area contributed by atoms with Crippen LogP contribution in [0.2, 0.25) is 0 Å². The Labute approximate surface area is 137 Å². The fraction of sp³-hybridized carbons (Fsp3) is 0.533. The summed E-state index contributed by atoms with van der Waals surface area (Å²) in [6.45, 7) is 4.75. The molecule has 2 aliphatic rings. The molecule has 1 aromatic rings. The van der Waals surface area contributed by atoms with Gasteiger partial charge in [-0.15, -0.1) is 0 Å². The molecule has 120 valence electrons. The predicted molar refractivity (Wildman–Crippen MR) is 84.2 cm³/mol. The number of rotatable bonds is 3. The van der Waals surface area contributed by atoms with E-state index in [1.54, 1.807) is 0 Å². The van der Waals surface area contributed by atoms with E-state index in [1.165, 1.54) is 0 Å². The third kappa shape index (κ3) is 3.37. The van der Waals surface area contributed by atoms with Crippen LogP contribution >= 0.6 is 15.9 Å². The number of nitrogens with one attached hydrogen (secondary N) is 2. The lowest BCUT2D eigenvalue weighted by Gasteiger charge is -2.29. The van der Waals surface area contributed by atoms with Gasteiger partial charge in [-0.3, -0.25) is 4.79 Å². The molecule has 1 aromatic carbocycles. The first-order valence-corrected chi connectivity index (χ1v) is 8.15. The average molecular weight is 371 g/mol. The summed E-state index contributed by atoms with van der Waals surface area (Å²) in [5.74, 6) is 1.37. The number of benzene rings is 1. The Balaban J connectivity index is 1.64. The largest absolute Gasteiger partial charge is 0.486 e. The first-order chi connectivity index (χ1) is 10.6. The lowest BCUT2D eigenvalue weighted by atomic mass is 10.1. The van der Waals surface area contributed by atoms with E-state index in [-0.39, 0.29) is 18.1 Å². The maximum Gasteiger partial charge on any atom is 0.240 e. The molecule has 22 heavy (non-hydrogen) atoms. The number of hydrogen-bond donors (Lipinski definition) is 2. The molecule has 0 saturated carbocycles. The van der Waals surface area contributed by atoms with Crippen LogP contribution in [0, 0.1) is 0 Å². The van der Waals surface area contributed by atoms with Crippen LogP contribution in [0.5, 0.6) is 11.5 Å². The highest BCUT2D eigenvalue weighted by atomic mass is 79.9. The van der Waals surface area contributed by atoms with Gasteiger partial charge in [0.2, 0.25) is 5.91 Å². The number of amides is 1. The molecule has 0 unspecified atom stereocenters. The molecule has 7 heteroatoms. The minimum Gasteiger partial charge on any atom is -0.486 e. The maximum atomic E-state index is 12.2. The zero-order valence-electron chi connectivity index (χ0n) is 12.4. The first kappa shape index (κ1) is 15.6. The lowest BCUT2D eigenvalue weighted by Crippen LogP contribution is -2.55. The van der Waals surface area contributed by atoms with Crippen LogP contribution < -0.4 is 20.1 Å².